The first kappa shape index (κ1) is 15.6. The second-order valence-corrected chi connectivity index (χ2v) is 6.66. The van der Waals surface area contributed by atoms with E-state index in [-0.39, 0.29) is 0 Å². The maximum Gasteiger partial charge on any atom is 0.133 e. The Kier molecular flexibility index (Phi) is 6.61. The second kappa shape index (κ2) is 8.48. The van der Waals surface area contributed by atoms with Crippen LogP contribution >= 0.6 is 24.0 Å². The number of rotatable bonds is 7. The molecule has 0 fully saturated rings. The number of unbranched alkanes of at least 4 members (excludes halogenated alkanes) is 3. The Labute approximate surface area is 132 Å². The number of thiocarbonyl (C=S) groups is 1. The molecule has 1 aliphatic carbocycles. The molecule has 1 aromatic carbocycles. The van der Waals surface area contributed by atoms with E-state index in [4.69, 9.17) is 12.2 Å². The monoisotopic (exact) mass is 305 g/mol. The number of thioether (sulfide) groups is 1. The quantitative estimate of drug-likeness (QED) is 0.573. The maximum atomic E-state index is 5.11. The van der Waals surface area contributed by atoms with Gasteiger partial charge in [-0.15, -0.1) is 11.8 Å². The molecule has 0 aliphatic heterocycles. The zero-order chi connectivity index (χ0) is 14.2. The van der Waals surface area contributed by atoms with Gasteiger partial charge in [-0.05, 0) is 48.6 Å². The molecule has 1 nitrogen and oxygen atoms in total. The Bertz CT molecular complexity index is 480. The Hall–Kier alpha value is -0.800. The molecule has 108 valence electrons. The third kappa shape index (κ3) is 4.64. The zero-order valence-corrected chi connectivity index (χ0v) is 13.8. The molecule has 0 saturated carbocycles. The van der Waals surface area contributed by atoms with Gasteiger partial charge in [0.05, 0.1) is 0 Å². The average molecular weight is 306 g/mol. The summed E-state index contributed by atoms with van der Waals surface area (Å²) in [6.45, 7) is 1.02. The minimum Gasteiger partial charge on any atom is -0.371 e. The first-order valence-corrected chi connectivity index (χ1v) is 9.03. The lowest BCUT2D eigenvalue weighted by molar-refractivity contribution is 0.642. The highest BCUT2D eigenvalue weighted by Crippen LogP contribution is 2.30. The lowest BCUT2D eigenvalue weighted by Gasteiger charge is -2.07. The minimum atomic E-state index is 0.915. The molecule has 3 heteroatoms. The molecule has 0 amide bonds. The van der Waals surface area contributed by atoms with E-state index in [1.165, 1.54) is 43.2 Å². The summed E-state index contributed by atoms with van der Waals surface area (Å²) in [4.78, 5) is 0. The molecule has 0 radical (unpaired) electrons. The topological polar surface area (TPSA) is 12.0 Å². The summed E-state index contributed by atoms with van der Waals surface area (Å²) in [7, 11) is 0. The summed E-state index contributed by atoms with van der Waals surface area (Å²) >= 11 is 6.73. The van der Waals surface area contributed by atoms with Crippen molar-refractivity contribution in [1.29, 1.82) is 0 Å². The zero-order valence-electron chi connectivity index (χ0n) is 12.2. The molecule has 0 unspecified atom stereocenters. The van der Waals surface area contributed by atoms with E-state index >= 15 is 0 Å². The van der Waals surface area contributed by atoms with Crippen molar-refractivity contribution in [2.45, 2.75) is 38.5 Å². The van der Waals surface area contributed by atoms with Crippen LogP contribution in [0.1, 0.15) is 43.2 Å². The Morgan fingerprint density at radius 2 is 2.00 bits per heavy atom. The van der Waals surface area contributed by atoms with Crippen molar-refractivity contribution in [3.63, 3.8) is 0 Å². The van der Waals surface area contributed by atoms with Gasteiger partial charge in [0.25, 0.3) is 0 Å². The van der Waals surface area contributed by atoms with E-state index in [1.807, 2.05) is 6.26 Å². The standard InChI is InChI=1S/C17H23NS2/c1-20-17(19)18-13-7-3-2-4-8-14-11-12-15-9-5-6-10-16(14)15/h5-6,9-11H,2-4,7-8,12-13H2,1H3,(H,18,19). The van der Waals surface area contributed by atoms with Gasteiger partial charge in [0.1, 0.15) is 4.32 Å². The third-order valence-corrected chi connectivity index (χ3v) is 4.92. The van der Waals surface area contributed by atoms with E-state index in [0.717, 1.165) is 17.3 Å². The van der Waals surface area contributed by atoms with E-state index in [1.54, 1.807) is 17.3 Å². The SMILES string of the molecule is CSC(=S)NCCCCCCC1=CCc2ccccc21. The number of hydrogen-bond donors (Lipinski definition) is 1. The largest absolute Gasteiger partial charge is 0.371 e. The number of nitrogens with one attached hydrogen (secondary N) is 1. The van der Waals surface area contributed by atoms with Crippen LogP contribution in [-0.2, 0) is 6.42 Å². The minimum absolute atomic E-state index is 0.915. The van der Waals surface area contributed by atoms with Gasteiger partial charge in [0, 0.05) is 6.54 Å². The van der Waals surface area contributed by atoms with Crippen molar-refractivity contribution in [3.05, 3.63) is 41.5 Å². The van der Waals surface area contributed by atoms with Crippen molar-refractivity contribution in [3.8, 4) is 0 Å². The molecule has 1 N–H and O–H groups in total. The number of hydrogen-bond acceptors (Lipinski definition) is 2. The van der Waals surface area contributed by atoms with Crippen molar-refractivity contribution in [2.75, 3.05) is 12.8 Å². The van der Waals surface area contributed by atoms with Crippen LogP contribution in [-0.4, -0.2) is 17.1 Å². The van der Waals surface area contributed by atoms with E-state index in [9.17, 15) is 0 Å². The summed E-state index contributed by atoms with van der Waals surface area (Å²) in [5.74, 6) is 0. The Balaban J connectivity index is 1.58. The van der Waals surface area contributed by atoms with Crippen LogP contribution in [0.4, 0.5) is 0 Å². The van der Waals surface area contributed by atoms with Gasteiger partial charge in [0.15, 0.2) is 0 Å². The smallest absolute Gasteiger partial charge is 0.133 e. The highest BCUT2D eigenvalue weighted by Gasteiger charge is 2.12. The van der Waals surface area contributed by atoms with E-state index in [2.05, 4.69) is 35.7 Å². The predicted octanol–water partition coefficient (Wildman–Crippen LogP) is 4.81. The maximum absolute atomic E-state index is 5.11. The molecule has 0 aromatic heterocycles. The summed E-state index contributed by atoms with van der Waals surface area (Å²) in [5, 5.41) is 3.26. The molecule has 1 aliphatic rings. The van der Waals surface area contributed by atoms with Crippen LogP contribution < -0.4 is 5.32 Å². The van der Waals surface area contributed by atoms with Crippen LogP contribution in [0.3, 0.4) is 0 Å². The lowest BCUT2D eigenvalue weighted by atomic mass is 10.0. The van der Waals surface area contributed by atoms with Gasteiger partial charge in [-0.3, -0.25) is 0 Å². The molecule has 2 rings (SSSR count). The number of fused-ring (bicyclic) bond motifs is 1. The van der Waals surface area contributed by atoms with Gasteiger partial charge in [-0.25, -0.2) is 0 Å². The van der Waals surface area contributed by atoms with Gasteiger partial charge in [0.2, 0.25) is 0 Å². The highest BCUT2D eigenvalue weighted by molar-refractivity contribution is 8.22. The Morgan fingerprint density at radius 1 is 1.20 bits per heavy atom. The van der Waals surface area contributed by atoms with Crippen LogP contribution in [0.5, 0.6) is 0 Å². The molecule has 20 heavy (non-hydrogen) atoms. The summed E-state index contributed by atoms with van der Waals surface area (Å²) < 4.78 is 0.915. The van der Waals surface area contributed by atoms with Crippen LogP contribution in [0.25, 0.3) is 5.57 Å². The molecule has 0 atom stereocenters. The van der Waals surface area contributed by atoms with Crippen molar-refractivity contribution < 1.29 is 0 Å². The van der Waals surface area contributed by atoms with Crippen LogP contribution in [0.2, 0.25) is 0 Å². The first-order valence-electron chi connectivity index (χ1n) is 7.40. The van der Waals surface area contributed by atoms with Crippen molar-refractivity contribution in [1.82, 2.24) is 5.32 Å². The molecule has 0 spiro atoms. The van der Waals surface area contributed by atoms with E-state index < -0.39 is 0 Å². The lowest BCUT2D eigenvalue weighted by Crippen LogP contribution is -2.18. The highest BCUT2D eigenvalue weighted by atomic mass is 32.2. The third-order valence-electron chi connectivity index (χ3n) is 3.76. The fourth-order valence-corrected chi connectivity index (χ4v) is 3.00. The molecule has 0 heterocycles. The summed E-state index contributed by atoms with van der Waals surface area (Å²) in [5.41, 5.74) is 4.54. The first-order chi connectivity index (χ1) is 9.81. The number of allylic oxidation sites excluding steroid dienone is 2. The number of benzene rings is 1. The fourth-order valence-electron chi connectivity index (χ4n) is 2.65. The average Bonchev–Trinajstić information content (AvgIpc) is 2.89. The molecule has 1 aromatic rings. The van der Waals surface area contributed by atoms with Crippen molar-refractivity contribution in [2.24, 2.45) is 0 Å². The van der Waals surface area contributed by atoms with Crippen LogP contribution in [0.15, 0.2) is 30.3 Å². The summed E-state index contributed by atoms with van der Waals surface area (Å²) in [6.07, 6.45) is 11.9. The van der Waals surface area contributed by atoms with Gasteiger partial charge < -0.3 is 5.32 Å². The van der Waals surface area contributed by atoms with Gasteiger partial charge in [-0.2, -0.15) is 0 Å². The van der Waals surface area contributed by atoms with Gasteiger partial charge >= 0.3 is 0 Å². The molecule has 0 saturated heterocycles. The molecular formula is C17H23NS2. The van der Waals surface area contributed by atoms with E-state index in [0.29, 0.717) is 0 Å². The molecule has 0 bridgehead atoms. The fraction of sp³-hybridized carbons (Fsp3) is 0.471. The normalized spacial score (nSPS) is 12.9. The second-order valence-electron chi connectivity index (χ2n) is 5.17. The Morgan fingerprint density at radius 3 is 2.85 bits per heavy atom. The predicted molar refractivity (Wildman–Crippen MR) is 95.3 cm³/mol. The van der Waals surface area contributed by atoms with Gasteiger partial charge in [-0.1, -0.05) is 55.4 Å². The van der Waals surface area contributed by atoms with Crippen molar-refractivity contribution >= 4 is 33.9 Å². The van der Waals surface area contributed by atoms with Crippen LogP contribution in [0, 0.1) is 0 Å². The molecular weight excluding hydrogens is 282 g/mol. The summed E-state index contributed by atoms with van der Waals surface area (Å²) in [6, 6.07) is 8.81.